The molecule has 2 aromatic heterocycles. The Morgan fingerprint density at radius 2 is 1.86 bits per heavy atom. The van der Waals surface area contributed by atoms with Crippen molar-refractivity contribution in [1.29, 1.82) is 0 Å². The van der Waals surface area contributed by atoms with Gasteiger partial charge in [0, 0.05) is 32.0 Å². The van der Waals surface area contributed by atoms with Crippen LogP contribution in [-0.4, -0.2) is 34.0 Å². The maximum Gasteiger partial charge on any atom is 0.180 e. The topological polar surface area (TPSA) is 45.5 Å². The van der Waals surface area contributed by atoms with E-state index >= 15 is 0 Å². The van der Waals surface area contributed by atoms with Gasteiger partial charge in [0.2, 0.25) is 0 Å². The zero-order valence-corrected chi connectivity index (χ0v) is 13.5. The van der Waals surface area contributed by atoms with Crippen LogP contribution in [0.5, 0.6) is 0 Å². The van der Waals surface area contributed by atoms with Gasteiger partial charge in [-0.15, -0.1) is 0 Å². The second-order valence-electron chi connectivity index (χ2n) is 5.33. The second kappa shape index (κ2) is 7.86. The predicted molar refractivity (Wildman–Crippen MR) is 89.2 cm³/mol. The summed E-state index contributed by atoms with van der Waals surface area (Å²) in [5.74, 6) is 1.91. The number of fused-ring (bicyclic) bond motifs is 1. The third kappa shape index (κ3) is 3.86. The SMILES string of the molecule is CCCCN(CCCC)c1nc(NCC)cn2ccnc12. The summed E-state index contributed by atoms with van der Waals surface area (Å²) in [6, 6.07) is 0. The molecule has 5 nitrogen and oxygen atoms in total. The van der Waals surface area contributed by atoms with Gasteiger partial charge in [0.15, 0.2) is 11.5 Å². The van der Waals surface area contributed by atoms with Gasteiger partial charge in [-0.2, -0.15) is 0 Å². The predicted octanol–water partition coefficient (Wildman–Crippen LogP) is 3.57. The average Bonchev–Trinajstić information content (AvgIpc) is 2.95. The Kier molecular flexibility index (Phi) is 5.84. The second-order valence-corrected chi connectivity index (χ2v) is 5.33. The van der Waals surface area contributed by atoms with Crippen LogP contribution in [0.25, 0.3) is 5.65 Å². The number of unbranched alkanes of at least 4 members (excludes halogenated alkanes) is 2. The van der Waals surface area contributed by atoms with E-state index in [4.69, 9.17) is 4.98 Å². The molecule has 2 heterocycles. The van der Waals surface area contributed by atoms with Crippen molar-refractivity contribution in [3.8, 4) is 0 Å². The smallest absolute Gasteiger partial charge is 0.180 e. The number of hydrogen-bond donors (Lipinski definition) is 1. The normalized spacial score (nSPS) is 11.0. The molecule has 0 bridgehead atoms. The number of aromatic nitrogens is 3. The fourth-order valence-corrected chi connectivity index (χ4v) is 2.42. The highest BCUT2D eigenvalue weighted by molar-refractivity contribution is 5.66. The van der Waals surface area contributed by atoms with Crippen molar-refractivity contribution in [3.05, 3.63) is 18.6 Å². The van der Waals surface area contributed by atoms with E-state index in [1.807, 2.05) is 18.6 Å². The summed E-state index contributed by atoms with van der Waals surface area (Å²) < 4.78 is 2.06. The summed E-state index contributed by atoms with van der Waals surface area (Å²) in [4.78, 5) is 11.7. The van der Waals surface area contributed by atoms with Crippen molar-refractivity contribution in [2.24, 2.45) is 0 Å². The van der Waals surface area contributed by atoms with Gasteiger partial charge < -0.3 is 14.6 Å². The van der Waals surface area contributed by atoms with Crippen LogP contribution in [-0.2, 0) is 0 Å². The monoisotopic (exact) mass is 289 g/mol. The summed E-state index contributed by atoms with van der Waals surface area (Å²) in [6.45, 7) is 9.50. The summed E-state index contributed by atoms with van der Waals surface area (Å²) >= 11 is 0. The number of nitrogens with one attached hydrogen (secondary N) is 1. The Hall–Kier alpha value is -1.78. The van der Waals surface area contributed by atoms with Gasteiger partial charge in [-0.1, -0.05) is 26.7 Å². The zero-order valence-electron chi connectivity index (χ0n) is 13.5. The minimum Gasteiger partial charge on any atom is -0.369 e. The molecule has 0 aromatic carbocycles. The summed E-state index contributed by atoms with van der Waals surface area (Å²) in [6.07, 6.45) is 10.6. The van der Waals surface area contributed by atoms with Gasteiger partial charge in [-0.25, -0.2) is 9.97 Å². The molecule has 0 spiro atoms. The van der Waals surface area contributed by atoms with Crippen molar-refractivity contribution < 1.29 is 0 Å². The molecule has 1 N–H and O–H groups in total. The Morgan fingerprint density at radius 3 is 2.48 bits per heavy atom. The molecule has 0 aliphatic rings. The van der Waals surface area contributed by atoms with Crippen LogP contribution < -0.4 is 10.2 Å². The maximum absolute atomic E-state index is 4.80. The van der Waals surface area contributed by atoms with Crippen LogP contribution in [0.4, 0.5) is 11.6 Å². The Labute approximate surface area is 127 Å². The van der Waals surface area contributed by atoms with Gasteiger partial charge >= 0.3 is 0 Å². The van der Waals surface area contributed by atoms with E-state index in [1.165, 1.54) is 25.7 Å². The average molecular weight is 289 g/mol. The van der Waals surface area contributed by atoms with E-state index in [9.17, 15) is 0 Å². The summed E-state index contributed by atoms with van der Waals surface area (Å²) in [5, 5.41) is 3.31. The lowest BCUT2D eigenvalue weighted by Crippen LogP contribution is -2.27. The lowest BCUT2D eigenvalue weighted by Gasteiger charge is -2.24. The van der Waals surface area contributed by atoms with Gasteiger partial charge in [-0.05, 0) is 19.8 Å². The van der Waals surface area contributed by atoms with Gasteiger partial charge in [0.1, 0.15) is 5.82 Å². The third-order valence-corrected chi connectivity index (χ3v) is 3.58. The van der Waals surface area contributed by atoms with Crippen molar-refractivity contribution in [3.63, 3.8) is 0 Å². The van der Waals surface area contributed by atoms with Crippen LogP contribution in [0.3, 0.4) is 0 Å². The Balaban J connectivity index is 2.35. The first-order chi connectivity index (χ1) is 10.3. The van der Waals surface area contributed by atoms with Crippen LogP contribution in [0, 0.1) is 0 Å². The van der Waals surface area contributed by atoms with Crippen LogP contribution >= 0.6 is 0 Å². The number of rotatable bonds is 9. The molecule has 0 amide bonds. The maximum atomic E-state index is 4.80. The molecule has 5 heteroatoms. The molecular weight excluding hydrogens is 262 g/mol. The number of anilines is 2. The lowest BCUT2D eigenvalue weighted by molar-refractivity contribution is 0.671. The summed E-state index contributed by atoms with van der Waals surface area (Å²) in [7, 11) is 0. The molecule has 0 radical (unpaired) electrons. The molecule has 0 atom stereocenters. The van der Waals surface area contributed by atoms with E-state index in [2.05, 4.69) is 40.4 Å². The first-order valence-corrected chi connectivity index (χ1v) is 8.12. The van der Waals surface area contributed by atoms with E-state index in [0.29, 0.717) is 0 Å². The van der Waals surface area contributed by atoms with E-state index in [0.717, 1.165) is 36.9 Å². The quantitative estimate of drug-likeness (QED) is 0.766. The molecule has 0 aliphatic carbocycles. The number of imidazole rings is 1. The number of hydrogen-bond acceptors (Lipinski definition) is 4. The Bertz CT molecular complexity index is 541. The molecule has 2 rings (SSSR count). The molecule has 21 heavy (non-hydrogen) atoms. The highest BCUT2D eigenvalue weighted by atomic mass is 15.2. The van der Waals surface area contributed by atoms with E-state index in [-0.39, 0.29) is 0 Å². The van der Waals surface area contributed by atoms with Crippen molar-refractivity contribution in [2.45, 2.75) is 46.5 Å². The highest BCUT2D eigenvalue weighted by Crippen LogP contribution is 2.21. The zero-order chi connectivity index (χ0) is 15.1. The van der Waals surface area contributed by atoms with Gasteiger partial charge in [0.05, 0.1) is 6.20 Å². The highest BCUT2D eigenvalue weighted by Gasteiger charge is 2.14. The molecule has 0 aliphatic heterocycles. The first kappa shape index (κ1) is 15.6. The fourth-order valence-electron chi connectivity index (χ4n) is 2.42. The lowest BCUT2D eigenvalue weighted by atomic mass is 10.2. The van der Waals surface area contributed by atoms with Gasteiger partial charge in [-0.3, -0.25) is 0 Å². The van der Waals surface area contributed by atoms with E-state index < -0.39 is 0 Å². The largest absolute Gasteiger partial charge is 0.369 e. The first-order valence-electron chi connectivity index (χ1n) is 8.12. The van der Waals surface area contributed by atoms with Crippen LogP contribution in [0.2, 0.25) is 0 Å². The molecule has 2 aromatic rings. The Morgan fingerprint density at radius 1 is 1.14 bits per heavy atom. The summed E-state index contributed by atoms with van der Waals surface area (Å²) in [5.41, 5.74) is 0.948. The minimum atomic E-state index is 0.872. The molecule has 116 valence electrons. The molecule has 0 saturated carbocycles. The number of nitrogens with zero attached hydrogens (tertiary/aromatic N) is 4. The van der Waals surface area contributed by atoms with Gasteiger partial charge in [0.25, 0.3) is 0 Å². The van der Waals surface area contributed by atoms with Crippen molar-refractivity contribution in [2.75, 3.05) is 29.9 Å². The standard InChI is InChI=1S/C16H27N5/c1-4-7-10-20(11-8-5-2)16-15-18-9-12-21(15)13-14(19-16)17-6-3/h9,12-13,17H,4-8,10-11H2,1-3H3. The third-order valence-electron chi connectivity index (χ3n) is 3.58. The van der Waals surface area contributed by atoms with Crippen LogP contribution in [0.1, 0.15) is 46.5 Å². The molecule has 0 saturated heterocycles. The molecular formula is C16H27N5. The molecule has 0 fully saturated rings. The van der Waals surface area contributed by atoms with Crippen LogP contribution in [0.15, 0.2) is 18.6 Å². The van der Waals surface area contributed by atoms with Crippen molar-refractivity contribution in [1.82, 2.24) is 14.4 Å². The van der Waals surface area contributed by atoms with E-state index in [1.54, 1.807) is 0 Å². The minimum absolute atomic E-state index is 0.872. The molecule has 0 unspecified atom stereocenters. The van der Waals surface area contributed by atoms with Crippen molar-refractivity contribution >= 4 is 17.3 Å². The fraction of sp³-hybridized carbons (Fsp3) is 0.625.